The third kappa shape index (κ3) is 4.24. The zero-order chi connectivity index (χ0) is 14.7. The van der Waals surface area contributed by atoms with Crippen LogP contribution < -0.4 is 10.6 Å². The van der Waals surface area contributed by atoms with Crippen LogP contribution in [-0.2, 0) is 0 Å². The van der Waals surface area contributed by atoms with Gasteiger partial charge in [0.25, 0.3) is 5.91 Å². The van der Waals surface area contributed by atoms with Crippen LogP contribution in [0.5, 0.6) is 0 Å². The summed E-state index contributed by atoms with van der Waals surface area (Å²) in [7, 11) is 0. The van der Waals surface area contributed by atoms with Gasteiger partial charge in [0, 0.05) is 24.0 Å². The molecular formula is C16H28ClN3O. The molecule has 2 heterocycles. The lowest BCUT2D eigenvalue weighted by Gasteiger charge is -2.14. The normalized spacial score (nSPS) is 17.9. The monoisotopic (exact) mass is 313 g/mol. The van der Waals surface area contributed by atoms with Gasteiger partial charge in [-0.25, -0.2) is 0 Å². The van der Waals surface area contributed by atoms with E-state index in [1.54, 1.807) is 0 Å². The zero-order valence-electron chi connectivity index (χ0n) is 13.5. The first-order chi connectivity index (χ1) is 9.50. The van der Waals surface area contributed by atoms with E-state index >= 15 is 0 Å². The highest BCUT2D eigenvalue weighted by Crippen LogP contribution is 2.20. The Morgan fingerprint density at radius 3 is 2.71 bits per heavy atom. The van der Waals surface area contributed by atoms with Gasteiger partial charge < -0.3 is 15.2 Å². The van der Waals surface area contributed by atoms with Crippen molar-refractivity contribution in [1.29, 1.82) is 0 Å². The molecule has 1 aliphatic heterocycles. The molecule has 0 spiro atoms. The Bertz CT molecular complexity index is 476. The summed E-state index contributed by atoms with van der Waals surface area (Å²) in [6.07, 6.45) is 2.30. The van der Waals surface area contributed by atoms with Crippen LogP contribution in [0, 0.1) is 19.8 Å². The Morgan fingerprint density at radius 2 is 2.19 bits per heavy atom. The van der Waals surface area contributed by atoms with E-state index in [9.17, 15) is 4.79 Å². The van der Waals surface area contributed by atoms with E-state index in [0.29, 0.717) is 6.04 Å². The number of hydrogen-bond acceptors (Lipinski definition) is 2. The molecule has 1 unspecified atom stereocenters. The average Bonchev–Trinajstić information content (AvgIpc) is 2.97. The molecule has 1 aliphatic rings. The molecule has 5 heteroatoms. The number of carbonyl (C=O) groups is 1. The predicted octanol–water partition coefficient (Wildman–Crippen LogP) is 2.84. The second-order valence-corrected chi connectivity index (χ2v) is 6.15. The van der Waals surface area contributed by atoms with Crippen LogP contribution in [0.1, 0.15) is 54.5 Å². The minimum Gasteiger partial charge on any atom is -0.352 e. The molecule has 1 amide bonds. The maximum absolute atomic E-state index is 12.3. The van der Waals surface area contributed by atoms with Gasteiger partial charge in [0.05, 0.1) is 5.56 Å². The summed E-state index contributed by atoms with van der Waals surface area (Å²) in [5, 5.41) is 6.42. The van der Waals surface area contributed by atoms with Crippen molar-refractivity contribution in [3.8, 4) is 0 Å². The van der Waals surface area contributed by atoms with Crippen molar-refractivity contribution in [1.82, 2.24) is 15.2 Å². The number of aromatic nitrogens is 1. The lowest BCUT2D eigenvalue weighted by atomic mass is 10.1. The summed E-state index contributed by atoms with van der Waals surface area (Å²) in [4.78, 5) is 12.3. The number of amides is 1. The molecule has 21 heavy (non-hydrogen) atoms. The molecule has 2 N–H and O–H groups in total. The third-order valence-electron chi connectivity index (χ3n) is 4.25. The molecule has 1 fully saturated rings. The van der Waals surface area contributed by atoms with Gasteiger partial charge in [0.2, 0.25) is 0 Å². The van der Waals surface area contributed by atoms with Crippen molar-refractivity contribution in [2.75, 3.05) is 19.6 Å². The van der Waals surface area contributed by atoms with E-state index in [1.807, 2.05) is 13.0 Å². The predicted molar refractivity (Wildman–Crippen MR) is 89.5 cm³/mol. The van der Waals surface area contributed by atoms with Crippen molar-refractivity contribution in [3.63, 3.8) is 0 Å². The van der Waals surface area contributed by atoms with Crippen LogP contribution in [0.3, 0.4) is 0 Å². The number of carbonyl (C=O) groups excluding carboxylic acids is 1. The van der Waals surface area contributed by atoms with Crippen LogP contribution in [-0.4, -0.2) is 30.1 Å². The van der Waals surface area contributed by atoms with Gasteiger partial charge >= 0.3 is 0 Å². The van der Waals surface area contributed by atoms with Gasteiger partial charge in [0.15, 0.2) is 0 Å². The van der Waals surface area contributed by atoms with Gasteiger partial charge in [-0.1, -0.05) is 0 Å². The van der Waals surface area contributed by atoms with Gasteiger partial charge in [-0.2, -0.15) is 0 Å². The molecule has 1 aromatic heterocycles. The number of rotatable bonds is 5. The van der Waals surface area contributed by atoms with Crippen molar-refractivity contribution >= 4 is 18.3 Å². The van der Waals surface area contributed by atoms with Gasteiger partial charge in [0.1, 0.15) is 0 Å². The van der Waals surface area contributed by atoms with E-state index in [2.05, 4.69) is 36.0 Å². The Morgan fingerprint density at radius 1 is 1.48 bits per heavy atom. The maximum atomic E-state index is 12.3. The maximum Gasteiger partial charge on any atom is 0.253 e. The van der Waals surface area contributed by atoms with Gasteiger partial charge in [-0.15, -0.1) is 12.4 Å². The molecule has 0 bridgehead atoms. The molecule has 120 valence electrons. The quantitative estimate of drug-likeness (QED) is 0.878. The first-order valence-corrected chi connectivity index (χ1v) is 7.68. The first kappa shape index (κ1) is 18.1. The first-order valence-electron chi connectivity index (χ1n) is 7.68. The van der Waals surface area contributed by atoms with Crippen molar-refractivity contribution in [2.45, 2.75) is 46.6 Å². The van der Waals surface area contributed by atoms with E-state index in [-0.39, 0.29) is 18.3 Å². The standard InChI is InChI=1S/C16H27N3O.ClH/c1-11(2)19-12(3)9-15(13(19)4)16(20)18-8-6-14-5-7-17-10-14;/h9,11,14,17H,5-8,10H2,1-4H3,(H,18,20);1H. The molecular weight excluding hydrogens is 286 g/mol. The fraction of sp³-hybridized carbons (Fsp3) is 0.688. The Balaban J connectivity index is 0.00000220. The van der Waals surface area contributed by atoms with E-state index in [0.717, 1.165) is 48.9 Å². The smallest absolute Gasteiger partial charge is 0.253 e. The largest absolute Gasteiger partial charge is 0.352 e. The third-order valence-corrected chi connectivity index (χ3v) is 4.25. The molecule has 1 atom stereocenters. The van der Waals surface area contributed by atoms with Crippen molar-refractivity contribution in [3.05, 3.63) is 23.0 Å². The fourth-order valence-corrected chi connectivity index (χ4v) is 3.25. The summed E-state index contributed by atoms with van der Waals surface area (Å²) >= 11 is 0. The number of nitrogens with one attached hydrogen (secondary N) is 2. The van der Waals surface area contributed by atoms with Crippen LogP contribution in [0.2, 0.25) is 0 Å². The van der Waals surface area contributed by atoms with Crippen LogP contribution in [0.4, 0.5) is 0 Å². The SMILES string of the molecule is Cc1cc(C(=O)NCCC2CCNC2)c(C)n1C(C)C.Cl. The average molecular weight is 314 g/mol. The van der Waals surface area contributed by atoms with E-state index < -0.39 is 0 Å². The summed E-state index contributed by atoms with van der Waals surface area (Å²) < 4.78 is 2.22. The van der Waals surface area contributed by atoms with Crippen LogP contribution >= 0.6 is 12.4 Å². The fourth-order valence-electron chi connectivity index (χ4n) is 3.25. The van der Waals surface area contributed by atoms with E-state index in [4.69, 9.17) is 0 Å². The molecule has 2 rings (SSSR count). The summed E-state index contributed by atoms with van der Waals surface area (Å²) in [6.45, 7) is 11.4. The Labute approximate surface area is 134 Å². The van der Waals surface area contributed by atoms with Crippen LogP contribution in [0.15, 0.2) is 6.07 Å². The highest BCUT2D eigenvalue weighted by Gasteiger charge is 2.18. The lowest BCUT2D eigenvalue weighted by Crippen LogP contribution is -2.26. The Kier molecular flexibility index (Phi) is 6.75. The minimum atomic E-state index is 0. The molecule has 0 saturated carbocycles. The molecule has 0 aromatic carbocycles. The minimum absolute atomic E-state index is 0. The summed E-state index contributed by atoms with van der Waals surface area (Å²) in [5.41, 5.74) is 3.04. The molecule has 1 aromatic rings. The highest BCUT2D eigenvalue weighted by atomic mass is 35.5. The number of aryl methyl sites for hydroxylation is 1. The van der Waals surface area contributed by atoms with Crippen molar-refractivity contribution < 1.29 is 4.79 Å². The molecule has 0 radical (unpaired) electrons. The second-order valence-electron chi connectivity index (χ2n) is 6.15. The molecule has 0 aliphatic carbocycles. The number of halogens is 1. The van der Waals surface area contributed by atoms with Crippen molar-refractivity contribution in [2.24, 2.45) is 5.92 Å². The van der Waals surface area contributed by atoms with Gasteiger partial charge in [-0.3, -0.25) is 4.79 Å². The van der Waals surface area contributed by atoms with E-state index in [1.165, 1.54) is 6.42 Å². The summed E-state index contributed by atoms with van der Waals surface area (Å²) in [5.74, 6) is 0.786. The Hall–Kier alpha value is -1.000. The van der Waals surface area contributed by atoms with Crippen LogP contribution in [0.25, 0.3) is 0 Å². The summed E-state index contributed by atoms with van der Waals surface area (Å²) in [6, 6.07) is 2.39. The molecule has 4 nitrogen and oxygen atoms in total. The number of hydrogen-bond donors (Lipinski definition) is 2. The zero-order valence-corrected chi connectivity index (χ0v) is 14.3. The lowest BCUT2D eigenvalue weighted by molar-refractivity contribution is 0.0951. The topological polar surface area (TPSA) is 46.1 Å². The van der Waals surface area contributed by atoms with Gasteiger partial charge in [-0.05, 0) is 65.6 Å². The highest BCUT2D eigenvalue weighted by molar-refractivity contribution is 5.95. The number of nitrogens with zero attached hydrogens (tertiary/aromatic N) is 1. The molecule has 1 saturated heterocycles. The second kappa shape index (κ2) is 7.85.